The van der Waals surface area contributed by atoms with Gasteiger partial charge in [-0.2, -0.15) is 5.26 Å². The molecule has 0 heterocycles. The van der Waals surface area contributed by atoms with Gasteiger partial charge in [0.2, 0.25) is 0 Å². The lowest BCUT2D eigenvalue weighted by molar-refractivity contribution is -0.385. The Hall–Kier alpha value is -3.27. The summed E-state index contributed by atoms with van der Waals surface area (Å²) in [6.07, 6.45) is 0. The van der Waals surface area contributed by atoms with Crippen LogP contribution >= 0.6 is 0 Å². The monoisotopic (exact) mass is 313 g/mol. The van der Waals surface area contributed by atoms with Crippen LogP contribution in [0.25, 0.3) is 0 Å². The Kier molecular flexibility index (Phi) is 4.66. The van der Waals surface area contributed by atoms with Gasteiger partial charge in [0.25, 0.3) is 11.6 Å². The van der Waals surface area contributed by atoms with E-state index in [1.807, 2.05) is 6.07 Å². The summed E-state index contributed by atoms with van der Waals surface area (Å²) in [5.74, 6) is -0.985. The molecule has 0 aliphatic carbocycles. The summed E-state index contributed by atoms with van der Waals surface area (Å²) in [5, 5.41) is 22.4. The first-order valence-electron chi connectivity index (χ1n) is 6.63. The minimum Gasteiger partial charge on any atom is -0.333 e. The summed E-state index contributed by atoms with van der Waals surface area (Å²) < 4.78 is 12.9. The van der Waals surface area contributed by atoms with E-state index >= 15 is 0 Å². The average molecular weight is 313 g/mol. The van der Waals surface area contributed by atoms with Crippen molar-refractivity contribution in [2.75, 3.05) is 0 Å². The van der Waals surface area contributed by atoms with E-state index in [-0.39, 0.29) is 11.3 Å². The fourth-order valence-electron chi connectivity index (χ4n) is 2.06. The molecule has 1 N–H and O–H groups in total. The van der Waals surface area contributed by atoms with Gasteiger partial charge in [-0.3, -0.25) is 14.9 Å². The van der Waals surface area contributed by atoms with Crippen LogP contribution in [0.3, 0.4) is 0 Å². The fourth-order valence-corrected chi connectivity index (χ4v) is 2.06. The maximum atomic E-state index is 12.9. The number of halogens is 1. The van der Waals surface area contributed by atoms with Crippen molar-refractivity contribution in [3.63, 3.8) is 0 Å². The second kappa shape index (κ2) is 6.66. The van der Waals surface area contributed by atoms with E-state index in [1.165, 1.54) is 49.4 Å². The molecule has 0 aliphatic rings. The van der Waals surface area contributed by atoms with Gasteiger partial charge >= 0.3 is 0 Å². The molecule has 23 heavy (non-hydrogen) atoms. The van der Waals surface area contributed by atoms with Gasteiger partial charge in [0.1, 0.15) is 11.9 Å². The quantitative estimate of drug-likeness (QED) is 0.693. The van der Waals surface area contributed by atoms with Crippen LogP contribution in [0.4, 0.5) is 10.1 Å². The SMILES string of the molecule is Cc1cc(C(=O)N[C@@H](C#N)c2ccc(F)cc2)ccc1[N+](=O)[O-]. The van der Waals surface area contributed by atoms with Gasteiger partial charge in [0, 0.05) is 17.2 Å². The first-order chi connectivity index (χ1) is 10.9. The lowest BCUT2D eigenvalue weighted by Gasteiger charge is -2.12. The first kappa shape index (κ1) is 16.1. The third-order valence-electron chi connectivity index (χ3n) is 3.26. The molecule has 116 valence electrons. The number of carbonyl (C=O) groups excluding carboxylic acids is 1. The third-order valence-corrected chi connectivity index (χ3v) is 3.26. The Bertz CT molecular complexity index is 797. The number of rotatable bonds is 4. The van der Waals surface area contributed by atoms with Crippen LogP contribution in [-0.4, -0.2) is 10.8 Å². The Morgan fingerprint density at radius 3 is 2.48 bits per heavy atom. The standard InChI is InChI=1S/C16H12FN3O3/c1-10-8-12(4-7-15(10)20(22)23)16(21)19-14(9-18)11-2-5-13(17)6-3-11/h2-8,14H,1H3,(H,19,21)/t14-/m0/s1. The van der Waals surface area contributed by atoms with Crippen molar-refractivity contribution in [1.29, 1.82) is 5.26 Å². The highest BCUT2D eigenvalue weighted by molar-refractivity contribution is 5.95. The highest BCUT2D eigenvalue weighted by atomic mass is 19.1. The number of nitro benzene ring substituents is 1. The van der Waals surface area contributed by atoms with Gasteiger partial charge < -0.3 is 5.32 Å². The molecule has 7 heteroatoms. The van der Waals surface area contributed by atoms with Crippen LogP contribution in [0.5, 0.6) is 0 Å². The number of hydrogen-bond donors (Lipinski definition) is 1. The molecule has 0 saturated heterocycles. The van der Waals surface area contributed by atoms with E-state index in [0.717, 1.165) is 0 Å². The predicted octanol–water partition coefficient (Wildman–Crippen LogP) is 3.04. The number of nitro groups is 1. The molecule has 1 atom stereocenters. The van der Waals surface area contributed by atoms with Gasteiger partial charge in [0.15, 0.2) is 0 Å². The van der Waals surface area contributed by atoms with E-state index in [2.05, 4.69) is 5.32 Å². The third kappa shape index (κ3) is 3.68. The Morgan fingerprint density at radius 2 is 1.96 bits per heavy atom. The zero-order chi connectivity index (χ0) is 17.0. The van der Waals surface area contributed by atoms with Crippen LogP contribution in [0.2, 0.25) is 0 Å². The topological polar surface area (TPSA) is 96.0 Å². The molecule has 0 aromatic heterocycles. The summed E-state index contributed by atoms with van der Waals surface area (Å²) in [7, 11) is 0. The van der Waals surface area contributed by atoms with E-state index in [9.17, 15) is 19.3 Å². The number of amides is 1. The van der Waals surface area contributed by atoms with Crippen LogP contribution in [-0.2, 0) is 0 Å². The molecule has 0 unspecified atom stereocenters. The van der Waals surface area contributed by atoms with E-state index in [1.54, 1.807) is 0 Å². The molecular formula is C16H12FN3O3. The number of nitriles is 1. The minimum absolute atomic E-state index is 0.0862. The van der Waals surface area contributed by atoms with Gasteiger partial charge in [0.05, 0.1) is 11.0 Å². The molecule has 2 aromatic rings. The summed E-state index contributed by atoms with van der Waals surface area (Å²) in [5.41, 5.74) is 0.909. The molecule has 2 rings (SSSR count). The molecule has 1 amide bonds. The van der Waals surface area contributed by atoms with Gasteiger partial charge in [-0.05, 0) is 36.8 Å². The largest absolute Gasteiger partial charge is 0.333 e. The van der Waals surface area contributed by atoms with Gasteiger partial charge in [-0.1, -0.05) is 12.1 Å². The lowest BCUT2D eigenvalue weighted by Crippen LogP contribution is -2.27. The van der Waals surface area contributed by atoms with Crippen LogP contribution < -0.4 is 5.32 Å². The maximum Gasteiger partial charge on any atom is 0.272 e. The molecule has 2 aromatic carbocycles. The van der Waals surface area contributed by atoms with Crippen molar-refractivity contribution < 1.29 is 14.1 Å². The first-order valence-corrected chi connectivity index (χ1v) is 6.63. The molecule has 0 bridgehead atoms. The number of hydrogen-bond acceptors (Lipinski definition) is 4. The summed E-state index contributed by atoms with van der Waals surface area (Å²) in [6.45, 7) is 1.52. The van der Waals surface area contributed by atoms with Crippen LogP contribution in [0, 0.1) is 34.2 Å². The summed E-state index contributed by atoms with van der Waals surface area (Å²) >= 11 is 0. The Labute approximate surface area is 131 Å². The van der Waals surface area contributed by atoms with E-state index in [4.69, 9.17) is 5.26 Å². The summed E-state index contributed by atoms with van der Waals surface area (Å²) in [4.78, 5) is 22.4. The zero-order valence-corrected chi connectivity index (χ0v) is 12.1. The Morgan fingerprint density at radius 1 is 1.30 bits per heavy atom. The zero-order valence-electron chi connectivity index (χ0n) is 12.1. The number of nitrogens with one attached hydrogen (secondary N) is 1. The van der Waals surface area contributed by atoms with Crippen molar-refractivity contribution in [2.45, 2.75) is 13.0 Å². The summed E-state index contributed by atoms with van der Waals surface area (Å²) in [6, 6.07) is 10.1. The number of carbonyl (C=O) groups is 1. The normalized spacial score (nSPS) is 11.3. The molecule has 0 saturated carbocycles. The highest BCUT2D eigenvalue weighted by Crippen LogP contribution is 2.20. The van der Waals surface area contributed by atoms with Crippen molar-refractivity contribution in [1.82, 2.24) is 5.32 Å². The molecular weight excluding hydrogens is 301 g/mol. The number of aryl methyl sites for hydroxylation is 1. The average Bonchev–Trinajstić information content (AvgIpc) is 2.52. The predicted molar refractivity (Wildman–Crippen MR) is 80.1 cm³/mol. The molecule has 0 fully saturated rings. The van der Waals surface area contributed by atoms with E-state index < -0.39 is 22.7 Å². The van der Waals surface area contributed by atoms with Gasteiger partial charge in [-0.15, -0.1) is 0 Å². The smallest absolute Gasteiger partial charge is 0.272 e. The molecule has 0 spiro atoms. The van der Waals surface area contributed by atoms with Crippen molar-refractivity contribution in [2.24, 2.45) is 0 Å². The number of nitrogens with zero attached hydrogens (tertiary/aromatic N) is 2. The second-order valence-electron chi connectivity index (χ2n) is 4.85. The lowest BCUT2D eigenvalue weighted by atomic mass is 10.1. The van der Waals surface area contributed by atoms with Crippen molar-refractivity contribution >= 4 is 11.6 Å². The molecule has 0 aliphatic heterocycles. The molecule has 0 radical (unpaired) electrons. The van der Waals surface area contributed by atoms with Gasteiger partial charge in [-0.25, -0.2) is 4.39 Å². The number of benzene rings is 2. The second-order valence-corrected chi connectivity index (χ2v) is 4.85. The van der Waals surface area contributed by atoms with Crippen LogP contribution in [0.15, 0.2) is 42.5 Å². The fraction of sp³-hybridized carbons (Fsp3) is 0.125. The van der Waals surface area contributed by atoms with Crippen LogP contribution in [0.1, 0.15) is 27.5 Å². The molecule has 6 nitrogen and oxygen atoms in total. The highest BCUT2D eigenvalue weighted by Gasteiger charge is 2.18. The maximum absolute atomic E-state index is 12.9. The Balaban J connectivity index is 2.20. The minimum atomic E-state index is -0.946. The van der Waals surface area contributed by atoms with E-state index in [0.29, 0.717) is 11.1 Å². The van der Waals surface area contributed by atoms with Crippen molar-refractivity contribution in [3.05, 3.63) is 75.1 Å². The van der Waals surface area contributed by atoms with Crippen molar-refractivity contribution in [3.8, 4) is 6.07 Å².